The Balaban J connectivity index is 2.00. The Morgan fingerprint density at radius 2 is 2.00 bits per heavy atom. The number of carbonyl (C=O) groups is 1. The number of hydrogen-bond donors (Lipinski definition) is 1. The first-order chi connectivity index (χ1) is 9.99. The molecule has 5 nitrogen and oxygen atoms in total. The third-order valence-corrected chi connectivity index (χ3v) is 3.77. The van der Waals surface area contributed by atoms with Crippen LogP contribution in [0.4, 0.5) is 5.82 Å². The van der Waals surface area contributed by atoms with Crippen LogP contribution in [0.1, 0.15) is 24.2 Å². The number of nitrogens with zero attached hydrogens (tertiary/aromatic N) is 3. The van der Waals surface area contributed by atoms with Gasteiger partial charge in [-0.15, -0.1) is 0 Å². The summed E-state index contributed by atoms with van der Waals surface area (Å²) >= 11 is 5.96. The van der Waals surface area contributed by atoms with Crippen LogP contribution in [0.2, 0.25) is 5.15 Å². The molecule has 0 aliphatic carbocycles. The van der Waals surface area contributed by atoms with Gasteiger partial charge in [-0.3, -0.25) is 9.69 Å². The molecular weight excluding hydrogens is 288 g/mol. The molecule has 1 aliphatic heterocycles. The molecule has 0 spiro atoms. The number of halogens is 1. The fraction of sp³-hybridized carbons (Fsp3) is 0.600. The second-order valence-electron chi connectivity index (χ2n) is 5.80. The Bertz CT molecular complexity index is 498. The van der Waals surface area contributed by atoms with Gasteiger partial charge in [-0.05, 0) is 18.1 Å². The number of aromatic nitrogens is 1. The quantitative estimate of drug-likeness (QED) is 0.866. The molecule has 6 heteroatoms. The summed E-state index contributed by atoms with van der Waals surface area (Å²) < 4.78 is 0. The van der Waals surface area contributed by atoms with E-state index in [1.165, 1.54) is 0 Å². The van der Waals surface area contributed by atoms with Gasteiger partial charge in [0, 0.05) is 45.3 Å². The Morgan fingerprint density at radius 1 is 1.33 bits per heavy atom. The van der Waals surface area contributed by atoms with Gasteiger partial charge in [0.2, 0.25) is 0 Å². The molecule has 21 heavy (non-hydrogen) atoms. The van der Waals surface area contributed by atoms with Crippen LogP contribution in [0.5, 0.6) is 0 Å². The zero-order valence-corrected chi connectivity index (χ0v) is 13.7. The highest BCUT2D eigenvalue weighted by atomic mass is 35.5. The molecule has 0 bridgehead atoms. The summed E-state index contributed by atoms with van der Waals surface area (Å²) in [7, 11) is 1.76. The van der Waals surface area contributed by atoms with Gasteiger partial charge in [0.05, 0.1) is 0 Å². The van der Waals surface area contributed by atoms with Crippen LogP contribution in [-0.2, 0) is 0 Å². The molecule has 1 fully saturated rings. The molecule has 1 N–H and O–H groups in total. The zero-order chi connectivity index (χ0) is 15.4. The molecule has 2 heterocycles. The standard InChI is InChI=1S/C15H23ClN4O/c1-11(2)10-19-4-6-20(7-5-19)15(21)12-8-13(16)18-14(9-12)17-3/h8-9,11H,4-7,10H2,1-3H3,(H,17,18). The summed E-state index contributed by atoms with van der Waals surface area (Å²) in [6.07, 6.45) is 0. The largest absolute Gasteiger partial charge is 0.373 e. The molecule has 0 atom stereocenters. The van der Waals surface area contributed by atoms with Crippen LogP contribution < -0.4 is 5.32 Å². The zero-order valence-electron chi connectivity index (χ0n) is 12.9. The van der Waals surface area contributed by atoms with E-state index in [0.29, 0.717) is 22.5 Å². The van der Waals surface area contributed by atoms with Gasteiger partial charge in [-0.1, -0.05) is 25.4 Å². The van der Waals surface area contributed by atoms with Crippen molar-refractivity contribution in [1.29, 1.82) is 0 Å². The van der Waals surface area contributed by atoms with Crippen molar-refractivity contribution in [2.24, 2.45) is 5.92 Å². The highest BCUT2D eigenvalue weighted by Gasteiger charge is 2.23. The number of rotatable bonds is 4. The highest BCUT2D eigenvalue weighted by molar-refractivity contribution is 6.29. The van der Waals surface area contributed by atoms with Crippen molar-refractivity contribution in [3.8, 4) is 0 Å². The van der Waals surface area contributed by atoms with Gasteiger partial charge in [-0.2, -0.15) is 0 Å². The molecule has 0 unspecified atom stereocenters. The summed E-state index contributed by atoms with van der Waals surface area (Å²) in [6, 6.07) is 3.37. The number of hydrogen-bond acceptors (Lipinski definition) is 4. The Morgan fingerprint density at radius 3 is 2.57 bits per heavy atom. The van der Waals surface area contributed by atoms with Crippen LogP contribution in [0.25, 0.3) is 0 Å². The minimum Gasteiger partial charge on any atom is -0.373 e. The maximum atomic E-state index is 12.5. The smallest absolute Gasteiger partial charge is 0.254 e. The van der Waals surface area contributed by atoms with Gasteiger partial charge < -0.3 is 10.2 Å². The predicted molar refractivity (Wildman–Crippen MR) is 86.0 cm³/mol. The number of anilines is 1. The lowest BCUT2D eigenvalue weighted by molar-refractivity contribution is 0.0624. The Labute approximate surface area is 131 Å². The normalized spacial score (nSPS) is 16.3. The lowest BCUT2D eigenvalue weighted by Crippen LogP contribution is -2.49. The van der Waals surface area contributed by atoms with Crippen molar-refractivity contribution in [3.05, 3.63) is 22.8 Å². The Kier molecular flexibility index (Phi) is 5.42. The first kappa shape index (κ1) is 16.0. The van der Waals surface area contributed by atoms with E-state index in [1.54, 1.807) is 19.2 Å². The summed E-state index contributed by atoms with van der Waals surface area (Å²) in [4.78, 5) is 20.9. The maximum absolute atomic E-state index is 12.5. The van der Waals surface area contributed by atoms with Crippen molar-refractivity contribution >= 4 is 23.3 Å². The van der Waals surface area contributed by atoms with E-state index in [4.69, 9.17) is 11.6 Å². The molecule has 1 aromatic rings. The van der Waals surface area contributed by atoms with Gasteiger partial charge >= 0.3 is 0 Å². The molecule has 1 aromatic heterocycles. The average Bonchev–Trinajstić information content (AvgIpc) is 2.46. The number of carbonyl (C=O) groups excluding carboxylic acids is 1. The van der Waals surface area contributed by atoms with E-state index < -0.39 is 0 Å². The summed E-state index contributed by atoms with van der Waals surface area (Å²) in [5.74, 6) is 1.30. The highest BCUT2D eigenvalue weighted by Crippen LogP contribution is 2.17. The molecule has 2 rings (SSSR count). The number of piperazine rings is 1. The third kappa shape index (κ3) is 4.32. The lowest BCUT2D eigenvalue weighted by Gasteiger charge is -2.35. The summed E-state index contributed by atoms with van der Waals surface area (Å²) in [5, 5.41) is 3.26. The summed E-state index contributed by atoms with van der Waals surface area (Å²) in [6.45, 7) is 8.92. The predicted octanol–water partition coefficient (Wildman–Crippen LogP) is 2.19. The lowest BCUT2D eigenvalue weighted by atomic mass is 10.1. The summed E-state index contributed by atoms with van der Waals surface area (Å²) in [5.41, 5.74) is 0.594. The van der Waals surface area contributed by atoms with E-state index in [-0.39, 0.29) is 5.91 Å². The van der Waals surface area contributed by atoms with Gasteiger partial charge in [0.15, 0.2) is 0 Å². The molecule has 116 valence electrons. The van der Waals surface area contributed by atoms with Gasteiger partial charge in [-0.25, -0.2) is 4.98 Å². The molecule has 0 radical (unpaired) electrons. The van der Waals surface area contributed by atoms with E-state index in [2.05, 4.69) is 29.0 Å². The first-order valence-electron chi connectivity index (χ1n) is 7.36. The van der Waals surface area contributed by atoms with E-state index >= 15 is 0 Å². The second-order valence-corrected chi connectivity index (χ2v) is 6.19. The topological polar surface area (TPSA) is 48.5 Å². The monoisotopic (exact) mass is 310 g/mol. The van der Waals surface area contributed by atoms with Gasteiger partial charge in [0.1, 0.15) is 11.0 Å². The van der Waals surface area contributed by atoms with Crippen LogP contribution in [0.3, 0.4) is 0 Å². The number of nitrogens with one attached hydrogen (secondary N) is 1. The molecule has 0 aromatic carbocycles. The molecule has 1 amide bonds. The Hall–Kier alpha value is -1.33. The van der Waals surface area contributed by atoms with Crippen molar-refractivity contribution in [1.82, 2.24) is 14.8 Å². The van der Waals surface area contributed by atoms with Crippen LogP contribution in [0.15, 0.2) is 12.1 Å². The third-order valence-electron chi connectivity index (χ3n) is 3.58. The fourth-order valence-corrected chi connectivity index (χ4v) is 2.79. The number of amides is 1. The second kappa shape index (κ2) is 7.09. The molecule has 1 aliphatic rings. The van der Waals surface area contributed by atoms with Crippen LogP contribution in [-0.4, -0.2) is 60.5 Å². The van der Waals surface area contributed by atoms with E-state index in [0.717, 1.165) is 32.7 Å². The van der Waals surface area contributed by atoms with Crippen molar-refractivity contribution in [3.63, 3.8) is 0 Å². The van der Waals surface area contributed by atoms with E-state index in [1.807, 2.05) is 4.90 Å². The average molecular weight is 311 g/mol. The minimum absolute atomic E-state index is 0.0278. The van der Waals surface area contributed by atoms with Crippen molar-refractivity contribution in [2.45, 2.75) is 13.8 Å². The van der Waals surface area contributed by atoms with Crippen molar-refractivity contribution in [2.75, 3.05) is 45.1 Å². The first-order valence-corrected chi connectivity index (χ1v) is 7.74. The van der Waals surface area contributed by atoms with Crippen molar-refractivity contribution < 1.29 is 4.79 Å². The minimum atomic E-state index is 0.0278. The fourth-order valence-electron chi connectivity index (χ4n) is 2.58. The molecule has 0 saturated carbocycles. The molecular formula is C15H23ClN4O. The maximum Gasteiger partial charge on any atom is 0.254 e. The van der Waals surface area contributed by atoms with Crippen LogP contribution >= 0.6 is 11.6 Å². The van der Waals surface area contributed by atoms with E-state index in [9.17, 15) is 4.79 Å². The molecule has 1 saturated heterocycles. The SMILES string of the molecule is CNc1cc(C(=O)N2CCN(CC(C)C)CC2)cc(Cl)n1. The van der Waals surface area contributed by atoms with Gasteiger partial charge in [0.25, 0.3) is 5.91 Å². The number of pyridine rings is 1. The van der Waals surface area contributed by atoms with Crippen LogP contribution in [0, 0.1) is 5.92 Å².